The van der Waals surface area contributed by atoms with Crippen molar-refractivity contribution in [3.05, 3.63) is 11.9 Å². The van der Waals surface area contributed by atoms with Crippen molar-refractivity contribution in [1.82, 2.24) is 9.97 Å². The van der Waals surface area contributed by atoms with Crippen LogP contribution in [0.2, 0.25) is 0 Å². The first-order valence-electron chi connectivity index (χ1n) is 6.75. The van der Waals surface area contributed by atoms with Gasteiger partial charge < -0.3 is 15.1 Å². The van der Waals surface area contributed by atoms with E-state index in [0.717, 1.165) is 24.7 Å². The molecule has 0 radical (unpaired) electrons. The van der Waals surface area contributed by atoms with Crippen LogP contribution in [0, 0.1) is 0 Å². The monoisotopic (exact) mass is 265 g/mol. The second-order valence-electron chi connectivity index (χ2n) is 5.43. The van der Waals surface area contributed by atoms with Crippen LogP contribution in [0.4, 0.5) is 11.6 Å². The molecule has 0 saturated carbocycles. The highest BCUT2D eigenvalue weighted by molar-refractivity contribution is 5.49. The molecule has 2 rings (SSSR count). The number of ether oxygens (including phenoxy) is 1. The van der Waals surface area contributed by atoms with Crippen molar-refractivity contribution in [3.63, 3.8) is 0 Å². The molecule has 1 aromatic rings. The molecule has 19 heavy (non-hydrogen) atoms. The number of hydrogen-bond acceptors (Lipinski definition) is 6. The molecule has 0 aliphatic carbocycles. The fourth-order valence-electron chi connectivity index (χ4n) is 2.31. The normalized spacial score (nSPS) is 23.8. The van der Waals surface area contributed by atoms with Crippen molar-refractivity contribution in [1.29, 1.82) is 0 Å². The van der Waals surface area contributed by atoms with Gasteiger partial charge in [-0.25, -0.2) is 15.8 Å². The van der Waals surface area contributed by atoms with Gasteiger partial charge in [0.25, 0.3) is 0 Å². The first-order chi connectivity index (χ1) is 8.99. The summed E-state index contributed by atoms with van der Waals surface area (Å²) in [6.45, 7) is 9.98. The van der Waals surface area contributed by atoms with Gasteiger partial charge in [-0.3, -0.25) is 0 Å². The summed E-state index contributed by atoms with van der Waals surface area (Å²) in [7, 11) is 0. The van der Waals surface area contributed by atoms with E-state index >= 15 is 0 Å². The van der Waals surface area contributed by atoms with E-state index in [1.165, 1.54) is 0 Å². The van der Waals surface area contributed by atoms with Crippen molar-refractivity contribution in [3.8, 4) is 0 Å². The fraction of sp³-hybridized carbons (Fsp3) is 0.692. The molecule has 1 fully saturated rings. The summed E-state index contributed by atoms with van der Waals surface area (Å²) in [6.07, 6.45) is 0.408. The standard InChI is InChI=1S/C13H23N5O/c1-8(2)13-15-11(17-14)5-12(16-13)18-6-9(3)19-10(4)7-18/h5,8-10H,6-7,14H2,1-4H3,(H,15,16,17)/t9-,10+. The van der Waals surface area contributed by atoms with Crippen molar-refractivity contribution in [2.75, 3.05) is 23.4 Å². The molecule has 6 heteroatoms. The maximum Gasteiger partial charge on any atom is 0.145 e. The van der Waals surface area contributed by atoms with Gasteiger partial charge in [0.2, 0.25) is 0 Å². The zero-order valence-electron chi connectivity index (χ0n) is 12.1. The first kappa shape index (κ1) is 14.0. The number of rotatable bonds is 3. The summed E-state index contributed by atoms with van der Waals surface area (Å²) in [5.41, 5.74) is 2.62. The second kappa shape index (κ2) is 5.71. The third-order valence-electron chi connectivity index (χ3n) is 3.14. The third kappa shape index (κ3) is 3.33. The Morgan fingerprint density at radius 1 is 1.32 bits per heavy atom. The second-order valence-corrected chi connectivity index (χ2v) is 5.43. The average molecular weight is 265 g/mol. The molecule has 6 nitrogen and oxygen atoms in total. The largest absolute Gasteiger partial charge is 0.372 e. The van der Waals surface area contributed by atoms with Crippen molar-refractivity contribution in [2.24, 2.45) is 5.84 Å². The van der Waals surface area contributed by atoms with Gasteiger partial charge >= 0.3 is 0 Å². The van der Waals surface area contributed by atoms with Crippen LogP contribution in [0.3, 0.4) is 0 Å². The topological polar surface area (TPSA) is 76.3 Å². The third-order valence-corrected chi connectivity index (χ3v) is 3.14. The van der Waals surface area contributed by atoms with Crippen LogP contribution in [0.25, 0.3) is 0 Å². The SMILES string of the molecule is CC(C)c1nc(NN)cc(N2C[C@@H](C)O[C@@H](C)C2)n1. The number of anilines is 2. The Balaban J connectivity index is 2.30. The number of hydrazine groups is 1. The molecule has 1 saturated heterocycles. The van der Waals surface area contributed by atoms with Gasteiger partial charge in [-0.05, 0) is 13.8 Å². The summed E-state index contributed by atoms with van der Waals surface area (Å²) in [6, 6.07) is 1.89. The van der Waals surface area contributed by atoms with E-state index in [-0.39, 0.29) is 18.1 Å². The van der Waals surface area contributed by atoms with Crippen LogP contribution in [0.5, 0.6) is 0 Å². The highest BCUT2D eigenvalue weighted by atomic mass is 16.5. The average Bonchev–Trinajstić information content (AvgIpc) is 2.37. The van der Waals surface area contributed by atoms with Crippen LogP contribution in [0.1, 0.15) is 39.4 Å². The van der Waals surface area contributed by atoms with Gasteiger partial charge in [0.05, 0.1) is 12.2 Å². The Morgan fingerprint density at radius 2 is 1.95 bits per heavy atom. The van der Waals surface area contributed by atoms with Crippen molar-refractivity contribution in [2.45, 2.75) is 45.8 Å². The molecule has 0 aromatic carbocycles. The number of nitrogens with zero attached hydrogens (tertiary/aromatic N) is 3. The molecule has 1 aliphatic rings. The summed E-state index contributed by atoms with van der Waals surface area (Å²) < 4.78 is 5.75. The van der Waals surface area contributed by atoms with E-state index in [0.29, 0.717) is 5.82 Å². The minimum atomic E-state index is 0.204. The Hall–Kier alpha value is -1.40. The Labute approximate surface area is 114 Å². The number of nitrogen functional groups attached to an aromatic ring is 1. The van der Waals surface area contributed by atoms with E-state index in [1.807, 2.05) is 6.07 Å². The van der Waals surface area contributed by atoms with Gasteiger partial charge in [0.15, 0.2) is 0 Å². The molecule has 3 N–H and O–H groups in total. The summed E-state index contributed by atoms with van der Waals surface area (Å²) >= 11 is 0. The maximum absolute atomic E-state index is 5.75. The molecule has 0 spiro atoms. The van der Waals surface area contributed by atoms with E-state index < -0.39 is 0 Å². The minimum Gasteiger partial charge on any atom is -0.372 e. The zero-order chi connectivity index (χ0) is 14.0. The number of nitrogens with two attached hydrogens (primary N) is 1. The van der Waals surface area contributed by atoms with Gasteiger partial charge in [-0.1, -0.05) is 13.8 Å². The lowest BCUT2D eigenvalue weighted by Crippen LogP contribution is -2.46. The molecule has 2 atom stereocenters. The molecule has 1 aromatic heterocycles. The molecule has 0 bridgehead atoms. The van der Waals surface area contributed by atoms with Crippen LogP contribution in [-0.2, 0) is 4.74 Å². The smallest absolute Gasteiger partial charge is 0.145 e. The van der Waals surface area contributed by atoms with Crippen LogP contribution >= 0.6 is 0 Å². The van der Waals surface area contributed by atoms with Gasteiger partial charge in [0, 0.05) is 25.1 Å². The zero-order valence-corrected chi connectivity index (χ0v) is 12.1. The molecule has 106 valence electrons. The quantitative estimate of drug-likeness (QED) is 0.637. The lowest BCUT2D eigenvalue weighted by atomic mass is 10.2. The fourth-order valence-corrected chi connectivity index (χ4v) is 2.31. The van der Waals surface area contributed by atoms with Gasteiger partial charge in [-0.2, -0.15) is 0 Å². The number of morpholine rings is 1. The highest BCUT2D eigenvalue weighted by Gasteiger charge is 2.24. The Kier molecular flexibility index (Phi) is 4.21. The maximum atomic E-state index is 5.75. The molecule has 0 unspecified atom stereocenters. The number of nitrogens with one attached hydrogen (secondary N) is 1. The molecular weight excluding hydrogens is 242 g/mol. The van der Waals surface area contributed by atoms with E-state index in [1.54, 1.807) is 0 Å². The highest BCUT2D eigenvalue weighted by Crippen LogP contribution is 2.22. The number of hydrogen-bond donors (Lipinski definition) is 2. The number of aromatic nitrogens is 2. The van der Waals surface area contributed by atoms with E-state index in [9.17, 15) is 0 Å². The van der Waals surface area contributed by atoms with Crippen molar-refractivity contribution < 1.29 is 4.74 Å². The van der Waals surface area contributed by atoms with Crippen LogP contribution < -0.4 is 16.2 Å². The van der Waals surface area contributed by atoms with Crippen LogP contribution in [-0.4, -0.2) is 35.3 Å². The molecule has 0 amide bonds. The van der Waals surface area contributed by atoms with E-state index in [2.05, 4.69) is 48.0 Å². The Morgan fingerprint density at radius 3 is 2.47 bits per heavy atom. The first-order valence-corrected chi connectivity index (χ1v) is 6.75. The lowest BCUT2D eigenvalue weighted by Gasteiger charge is -2.36. The molecular formula is C13H23N5O. The molecule has 2 heterocycles. The van der Waals surface area contributed by atoms with E-state index in [4.69, 9.17) is 10.6 Å². The lowest BCUT2D eigenvalue weighted by molar-refractivity contribution is -0.00547. The summed E-state index contributed by atoms with van der Waals surface area (Å²) in [5.74, 6) is 8.12. The summed E-state index contributed by atoms with van der Waals surface area (Å²) in [4.78, 5) is 11.2. The predicted molar refractivity (Wildman–Crippen MR) is 76.2 cm³/mol. The van der Waals surface area contributed by atoms with Crippen molar-refractivity contribution >= 4 is 11.6 Å². The predicted octanol–water partition coefficient (Wildman–Crippen LogP) is 1.50. The minimum absolute atomic E-state index is 0.204. The Bertz CT molecular complexity index is 427. The van der Waals surface area contributed by atoms with Gasteiger partial charge in [0.1, 0.15) is 17.5 Å². The van der Waals surface area contributed by atoms with Gasteiger partial charge in [-0.15, -0.1) is 0 Å². The summed E-state index contributed by atoms with van der Waals surface area (Å²) in [5, 5.41) is 0. The van der Waals surface area contributed by atoms with Crippen LogP contribution in [0.15, 0.2) is 6.07 Å². The molecule has 1 aliphatic heterocycles.